The normalized spacial score (nSPS) is 22.2. The largest absolute Gasteiger partial charge is 0.506 e. The maximum absolute atomic E-state index is 12.0. The molecule has 1 aliphatic carbocycles. The second-order valence-corrected chi connectivity index (χ2v) is 4.80. The Morgan fingerprint density at radius 2 is 2.05 bits per heavy atom. The minimum Gasteiger partial charge on any atom is -0.506 e. The van der Waals surface area contributed by atoms with E-state index in [0.29, 0.717) is 12.8 Å². The van der Waals surface area contributed by atoms with E-state index in [9.17, 15) is 14.7 Å². The van der Waals surface area contributed by atoms with Crippen LogP contribution in [0.5, 0.6) is 5.75 Å². The van der Waals surface area contributed by atoms with E-state index in [1.54, 1.807) is 0 Å². The summed E-state index contributed by atoms with van der Waals surface area (Å²) < 4.78 is 0. The minimum absolute atomic E-state index is 0.0104. The summed E-state index contributed by atoms with van der Waals surface area (Å²) >= 11 is 0. The van der Waals surface area contributed by atoms with Crippen LogP contribution in [-0.2, 0) is 4.79 Å². The lowest BCUT2D eigenvalue weighted by Gasteiger charge is -2.12. The molecule has 2 rings (SSSR count). The van der Waals surface area contributed by atoms with Gasteiger partial charge >= 0.3 is 5.97 Å². The quantitative estimate of drug-likeness (QED) is 0.612. The zero-order valence-corrected chi connectivity index (χ0v) is 10.3. The molecule has 19 heavy (non-hydrogen) atoms. The van der Waals surface area contributed by atoms with Gasteiger partial charge in [-0.05, 0) is 37.5 Å². The van der Waals surface area contributed by atoms with E-state index in [1.165, 1.54) is 18.2 Å². The number of anilines is 1. The van der Waals surface area contributed by atoms with Gasteiger partial charge in [0.15, 0.2) is 0 Å². The van der Waals surface area contributed by atoms with Crippen molar-refractivity contribution in [3.63, 3.8) is 0 Å². The van der Waals surface area contributed by atoms with Crippen LogP contribution in [-0.4, -0.2) is 28.1 Å². The number of hydrogen-bond donors (Lipinski definition) is 4. The van der Waals surface area contributed by atoms with Gasteiger partial charge in [-0.25, -0.2) is 4.79 Å². The molecule has 0 bridgehead atoms. The summed E-state index contributed by atoms with van der Waals surface area (Å²) in [6.07, 6.45) is 2.14. The molecule has 6 nitrogen and oxygen atoms in total. The van der Waals surface area contributed by atoms with Crippen LogP contribution in [0.2, 0.25) is 0 Å². The Labute approximate surface area is 110 Å². The molecular formula is C13H16N2O4. The molecule has 1 fully saturated rings. The molecule has 0 aromatic heterocycles. The summed E-state index contributed by atoms with van der Waals surface area (Å²) in [5.41, 5.74) is 5.87. The van der Waals surface area contributed by atoms with E-state index in [2.05, 4.69) is 5.32 Å². The zero-order chi connectivity index (χ0) is 14.0. The maximum atomic E-state index is 12.0. The predicted octanol–water partition coefficient (Wildman–Crippen LogP) is 1.16. The number of phenols is 1. The Kier molecular flexibility index (Phi) is 3.71. The topological polar surface area (TPSA) is 113 Å². The van der Waals surface area contributed by atoms with Crippen molar-refractivity contribution in [2.24, 2.45) is 11.7 Å². The summed E-state index contributed by atoms with van der Waals surface area (Å²) in [5.74, 6) is -1.67. The van der Waals surface area contributed by atoms with Crippen LogP contribution >= 0.6 is 0 Å². The smallest absolute Gasteiger partial charge is 0.335 e. The second-order valence-electron chi connectivity index (χ2n) is 4.80. The molecule has 6 heteroatoms. The Morgan fingerprint density at radius 1 is 1.32 bits per heavy atom. The van der Waals surface area contributed by atoms with Gasteiger partial charge in [-0.15, -0.1) is 0 Å². The number of carbonyl (C=O) groups is 2. The number of aromatic hydroxyl groups is 1. The van der Waals surface area contributed by atoms with Gasteiger partial charge in [-0.3, -0.25) is 4.79 Å². The van der Waals surface area contributed by atoms with Crippen molar-refractivity contribution < 1.29 is 19.8 Å². The highest BCUT2D eigenvalue weighted by atomic mass is 16.4. The second kappa shape index (κ2) is 5.27. The van der Waals surface area contributed by atoms with Gasteiger partial charge < -0.3 is 21.3 Å². The van der Waals surface area contributed by atoms with E-state index in [0.717, 1.165) is 6.42 Å². The monoisotopic (exact) mass is 264 g/mol. The molecule has 0 heterocycles. The van der Waals surface area contributed by atoms with Crippen molar-refractivity contribution in [1.82, 2.24) is 0 Å². The Hall–Kier alpha value is -2.08. The number of hydrogen-bond acceptors (Lipinski definition) is 4. The molecule has 102 valence electrons. The van der Waals surface area contributed by atoms with Crippen LogP contribution < -0.4 is 11.1 Å². The van der Waals surface area contributed by atoms with Gasteiger partial charge in [-0.1, -0.05) is 0 Å². The van der Waals surface area contributed by atoms with E-state index >= 15 is 0 Å². The lowest BCUT2D eigenvalue weighted by molar-refractivity contribution is -0.119. The molecule has 1 aromatic rings. The lowest BCUT2D eigenvalue weighted by atomic mass is 10.1. The average Bonchev–Trinajstić information content (AvgIpc) is 2.78. The third-order valence-corrected chi connectivity index (χ3v) is 3.35. The van der Waals surface area contributed by atoms with Crippen LogP contribution in [0.25, 0.3) is 0 Å². The Morgan fingerprint density at radius 3 is 2.63 bits per heavy atom. The highest BCUT2D eigenvalue weighted by molar-refractivity contribution is 5.96. The molecule has 0 saturated heterocycles. The first kappa shape index (κ1) is 13.4. The van der Waals surface area contributed by atoms with Gasteiger partial charge in [0, 0.05) is 12.0 Å². The van der Waals surface area contributed by atoms with Crippen molar-refractivity contribution in [2.75, 3.05) is 5.32 Å². The highest BCUT2D eigenvalue weighted by Gasteiger charge is 2.28. The molecule has 5 N–H and O–H groups in total. The number of carboxylic acids is 1. The summed E-state index contributed by atoms with van der Waals surface area (Å²) in [7, 11) is 0. The van der Waals surface area contributed by atoms with Crippen molar-refractivity contribution in [2.45, 2.75) is 25.3 Å². The number of rotatable bonds is 3. The Bertz CT molecular complexity index is 515. The number of carboxylic acid groups (broad SMARTS) is 1. The number of nitrogens with two attached hydrogens (primary N) is 1. The number of nitrogens with one attached hydrogen (secondary N) is 1. The molecule has 1 amide bonds. The van der Waals surface area contributed by atoms with E-state index in [1.807, 2.05) is 0 Å². The summed E-state index contributed by atoms with van der Waals surface area (Å²) in [6, 6.07) is 3.80. The third-order valence-electron chi connectivity index (χ3n) is 3.35. The number of benzene rings is 1. The summed E-state index contributed by atoms with van der Waals surface area (Å²) in [5, 5.41) is 21.1. The van der Waals surface area contributed by atoms with Gasteiger partial charge in [0.2, 0.25) is 5.91 Å². The van der Waals surface area contributed by atoms with Crippen molar-refractivity contribution in [1.29, 1.82) is 0 Å². The fourth-order valence-electron chi connectivity index (χ4n) is 2.26. The number of phenolic OH excluding ortho intramolecular Hbond substituents is 1. The molecule has 0 spiro atoms. The van der Waals surface area contributed by atoms with Gasteiger partial charge in [0.1, 0.15) is 5.75 Å². The van der Waals surface area contributed by atoms with Crippen molar-refractivity contribution >= 4 is 17.6 Å². The minimum atomic E-state index is -1.11. The van der Waals surface area contributed by atoms with Gasteiger partial charge in [-0.2, -0.15) is 0 Å². The van der Waals surface area contributed by atoms with E-state index in [-0.39, 0.29) is 34.9 Å². The summed E-state index contributed by atoms with van der Waals surface area (Å²) in [6.45, 7) is 0. The average molecular weight is 264 g/mol. The standard InChI is InChI=1S/C13H16N2O4/c14-9-3-1-7(5-9)12(17)15-10-6-8(13(18)19)2-4-11(10)16/h2,4,6-7,9,16H,1,3,5,14H2,(H,15,17)(H,18,19). The zero-order valence-electron chi connectivity index (χ0n) is 10.3. The molecule has 1 aromatic carbocycles. The fraction of sp³-hybridized carbons (Fsp3) is 0.385. The van der Waals surface area contributed by atoms with Crippen LogP contribution in [0, 0.1) is 5.92 Å². The molecule has 0 radical (unpaired) electrons. The molecule has 2 atom stereocenters. The molecule has 2 unspecified atom stereocenters. The third kappa shape index (κ3) is 3.03. The number of carbonyl (C=O) groups excluding carboxylic acids is 1. The molecule has 1 saturated carbocycles. The summed E-state index contributed by atoms with van der Waals surface area (Å²) in [4.78, 5) is 22.8. The molecule has 0 aliphatic heterocycles. The first-order valence-electron chi connectivity index (χ1n) is 6.10. The number of aromatic carboxylic acids is 1. The predicted molar refractivity (Wildman–Crippen MR) is 69.0 cm³/mol. The van der Waals surface area contributed by atoms with Gasteiger partial charge in [0.05, 0.1) is 11.3 Å². The molecular weight excluding hydrogens is 248 g/mol. The van der Waals surface area contributed by atoms with Crippen LogP contribution in [0.4, 0.5) is 5.69 Å². The fourth-order valence-corrected chi connectivity index (χ4v) is 2.26. The van der Waals surface area contributed by atoms with Crippen molar-refractivity contribution in [3.05, 3.63) is 23.8 Å². The maximum Gasteiger partial charge on any atom is 0.335 e. The number of amides is 1. The van der Waals surface area contributed by atoms with Crippen LogP contribution in [0.15, 0.2) is 18.2 Å². The van der Waals surface area contributed by atoms with Crippen molar-refractivity contribution in [3.8, 4) is 5.75 Å². The van der Waals surface area contributed by atoms with Crippen LogP contribution in [0.1, 0.15) is 29.6 Å². The first-order valence-corrected chi connectivity index (χ1v) is 6.10. The Balaban J connectivity index is 2.12. The SMILES string of the molecule is NC1CCC(C(=O)Nc2cc(C(=O)O)ccc2O)C1. The van der Waals surface area contributed by atoms with E-state index in [4.69, 9.17) is 10.8 Å². The first-order chi connectivity index (χ1) is 8.97. The lowest BCUT2D eigenvalue weighted by Crippen LogP contribution is -2.23. The van der Waals surface area contributed by atoms with E-state index < -0.39 is 5.97 Å². The molecule has 1 aliphatic rings. The van der Waals surface area contributed by atoms with Crippen LogP contribution in [0.3, 0.4) is 0 Å². The van der Waals surface area contributed by atoms with Gasteiger partial charge in [0.25, 0.3) is 0 Å². The highest BCUT2D eigenvalue weighted by Crippen LogP contribution is 2.28.